The maximum Gasteiger partial charge on any atom is 0.271 e. The van der Waals surface area contributed by atoms with E-state index in [1.807, 2.05) is 12.3 Å². The van der Waals surface area contributed by atoms with Crippen molar-refractivity contribution >= 4 is 21.6 Å². The highest BCUT2D eigenvalue weighted by Gasteiger charge is 2.14. The van der Waals surface area contributed by atoms with E-state index in [1.54, 1.807) is 10.9 Å². The number of thiophene rings is 1. The summed E-state index contributed by atoms with van der Waals surface area (Å²) in [7, 11) is 0. The van der Waals surface area contributed by atoms with Crippen LogP contribution in [0.25, 0.3) is 10.2 Å². The van der Waals surface area contributed by atoms with Crippen molar-refractivity contribution in [3.8, 4) is 0 Å². The van der Waals surface area contributed by atoms with E-state index in [1.165, 1.54) is 37.0 Å². The second kappa shape index (κ2) is 5.43. The molecule has 2 aromatic heterocycles. The van der Waals surface area contributed by atoms with Crippen molar-refractivity contribution in [1.29, 1.82) is 0 Å². The highest BCUT2D eigenvalue weighted by atomic mass is 32.1. The van der Waals surface area contributed by atoms with Crippen LogP contribution in [0.2, 0.25) is 0 Å². The summed E-state index contributed by atoms with van der Waals surface area (Å²) in [4.78, 5) is 16.7. The molecule has 0 spiro atoms. The number of aryl methyl sites for hydroxylation is 1. The second-order valence-corrected chi connectivity index (χ2v) is 6.15. The first kappa shape index (κ1) is 12.8. The molecule has 5 heteroatoms. The van der Waals surface area contributed by atoms with Crippen molar-refractivity contribution in [2.75, 3.05) is 6.54 Å². The number of rotatable bonds is 4. The fraction of sp³-hybridized carbons (Fsp3) is 0.571. The topological polar surface area (TPSA) is 46.9 Å². The smallest absolute Gasteiger partial charge is 0.271 e. The van der Waals surface area contributed by atoms with E-state index in [0.717, 1.165) is 22.3 Å². The maximum atomic E-state index is 12.3. The lowest BCUT2D eigenvalue weighted by molar-refractivity contribution is 0.491. The molecule has 0 radical (unpaired) electrons. The standard InChI is InChI=1S/C14H19N3OS/c1-10-8-19-13-12(10)16-9-17(14(13)18)7-6-15-11-4-2-3-5-11/h8-9,11,15H,2-7H2,1H3. The minimum absolute atomic E-state index is 0.0938. The molecule has 0 saturated heterocycles. The summed E-state index contributed by atoms with van der Waals surface area (Å²) >= 11 is 1.50. The second-order valence-electron chi connectivity index (χ2n) is 5.28. The van der Waals surface area contributed by atoms with Gasteiger partial charge in [-0.05, 0) is 30.7 Å². The van der Waals surface area contributed by atoms with Crippen LogP contribution in [0.4, 0.5) is 0 Å². The van der Waals surface area contributed by atoms with Crippen LogP contribution < -0.4 is 10.9 Å². The highest BCUT2D eigenvalue weighted by molar-refractivity contribution is 7.17. The molecule has 1 aliphatic carbocycles. The fourth-order valence-corrected chi connectivity index (χ4v) is 3.69. The molecule has 0 atom stereocenters. The molecular weight excluding hydrogens is 258 g/mol. The first-order chi connectivity index (χ1) is 9.25. The quantitative estimate of drug-likeness (QED) is 0.933. The molecule has 102 valence electrons. The van der Waals surface area contributed by atoms with Gasteiger partial charge in [-0.15, -0.1) is 11.3 Å². The van der Waals surface area contributed by atoms with Crippen LogP contribution in [0.5, 0.6) is 0 Å². The minimum Gasteiger partial charge on any atom is -0.312 e. The van der Waals surface area contributed by atoms with Crippen molar-refractivity contribution in [2.24, 2.45) is 0 Å². The van der Waals surface area contributed by atoms with E-state index in [-0.39, 0.29) is 5.56 Å². The van der Waals surface area contributed by atoms with Gasteiger partial charge in [0.1, 0.15) is 4.70 Å². The van der Waals surface area contributed by atoms with Gasteiger partial charge in [0.15, 0.2) is 0 Å². The summed E-state index contributed by atoms with van der Waals surface area (Å²) in [5, 5.41) is 5.53. The van der Waals surface area contributed by atoms with Gasteiger partial charge in [0.25, 0.3) is 5.56 Å². The first-order valence-corrected chi connectivity index (χ1v) is 7.80. The summed E-state index contributed by atoms with van der Waals surface area (Å²) in [5.74, 6) is 0. The fourth-order valence-electron chi connectivity index (χ4n) is 2.74. The van der Waals surface area contributed by atoms with Crippen molar-refractivity contribution in [3.05, 3.63) is 27.6 Å². The van der Waals surface area contributed by atoms with Crippen LogP contribution in [0.3, 0.4) is 0 Å². The van der Waals surface area contributed by atoms with E-state index in [4.69, 9.17) is 0 Å². The van der Waals surface area contributed by atoms with Crippen LogP contribution in [-0.2, 0) is 6.54 Å². The minimum atomic E-state index is 0.0938. The third-order valence-electron chi connectivity index (χ3n) is 3.86. The molecule has 19 heavy (non-hydrogen) atoms. The molecule has 1 N–H and O–H groups in total. The number of fused-ring (bicyclic) bond motifs is 1. The lowest BCUT2D eigenvalue weighted by Gasteiger charge is -2.12. The molecule has 3 rings (SSSR count). The summed E-state index contributed by atoms with van der Waals surface area (Å²) in [6.07, 6.45) is 6.90. The van der Waals surface area contributed by atoms with Crippen molar-refractivity contribution < 1.29 is 0 Å². The molecular formula is C14H19N3OS. The third-order valence-corrected chi connectivity index (χ3v) is 4.94. The largest absolute Gasteiger partial charge is 0.312 e. The zero-order chi connectivity index (χ0) is 13.2. The Kier molecular flexibility index (Phi) is 3.66. The third kappa shape index (κ3) is 2.58. The van der Waals surface area contributed by atoms with Crippen LogP contribution in [0.1, 0.15) is 31.2 Å². The summed E-state index contributed by atoms with van der Waals surface area (Å²) in [6, 6.07) is 0.649. The lowest BCUT2D eigenvalue weighted by Crippen LogP contribution is -2.32. The average Bonchev–Trinajstić information content (AvgIpc) is 3.03. The Morgan fingerprint density at radius 3 is 3.05 bits per heavy atom. The number of hydrogen-bond donors (Lipinski definition) is 1. The van der Waals surface area contributed by atoms with E-state index < -0.39 is 0 Å². The Morgan fingerprint density at radius 2 is 2.26 bits per heavy atom. The predicted molar refractivity (Wildman–Crippen MR) is 78.9 cm³/mol. The Morgan fingerprint density at radius 1 is 1.47 bits per heavy atom. The highest BCUT2D eigenvalue weighted by Crippen LogP contribution is 2.19. The molecule has 2 heterocycles. The first-order valence-electron chi connectivity index (χ1n) is 6.92. The van der Waals surface area contributed by atoms with Gasteiger partial charge in [-0.2, -0.15) is 0 Å². The Bertz CT molecular complexity index is 625. The van der Waals surface area contributed by atoms with Crippen molar-refractivity contribution in [3.63, 3.8) is 0 Å². The predicted octanol–water partition coefficient (Wildman–Crippen LogP) is 2.30. The zero-order valence-corrected chi connectivity index (χ0v) is 12.0. The van der Waals surface area contributed by atoms with Gasteiger partial charge in [0.05, 0.1) is 11.8 Å². The van der Waals surface area contributed by atoms with Crippen LogP contribution in [-0.4, -0.2) is 22.1 Å². The van der Waals surface area contributed by atoms with Crippen molar-refractivity contribution in [2.45, 2.75) is 45.2 Å². The lowest BCUT2D eigenvalue weighted by atomic mass is 10.2. The van der Waals surface area contributed by atoms with Gasteiger partial charge < -0.3 is 5.32 Å². The Labute approximate surface area is 116 Å². The van der Waals surface area contributed by atoms with E-state index in [2.05, 4.69) is 10.3 Å². The normalized spacial score (nSPS) is 16.5. The molecule has 1 saturated carbocycles. The summed E-state index contributed by atoms with van der Waals surface area (Å²) in [6.45, 7) is 3.55. The Balaban J connectivity index is 1.70. The molecule has 0 aromatic carbocycles. The van der Waals surface area contributed by atoms with E-state index in [0.29, 0.717) is 12.6 Å². The van der Waals surface area contributed by atoms with Gasteiger partial charge in [0.2, 0.25) is 0 Å². The molecule has 2 aromatic rings. The molecule has 0 aliphatic heterocycles. The van der Waals surface area contributed by atoms with Gasteiger partial charge in [-0.25, -0.2) is 4.98 Å². The number of nitrogens with one attached hydrogen (secondary N) is 1. The Hall–Kier alpha value is -1.20. The van der Waals surface area contributed by atoms with Gasteiger partial charge >= 0.3 is 0 Å². The number of hydrogen-bond acceptors (Lipinski definition) is 4. The van der Waals surface area contributed by atoms with Crippen molar-refractivity contribution in [1.82, 2.24) is 14.9 Å². The molecule has 0 bridgehead atoms. The maximum absolute atomic E-state index is 12.3. The van der Waals surface area contributed by atoms with Crippen LogP contribution in [0.15, 0.2) is 16.5 Å². The molecule has 4 nitrogen and oxygen atoms in total. The molecule has 1 aliphatic rings. The van der Waals surface area contributed by atoms with Gasteiger partial charge in [-0.1, -0.05) is 12.8 Å². The monoisotopic (exact) mass is 277 g/mol. The van der Waals surface area contributed by atoms with E-state index in [9.17, 15) is 4.79 Å². The molecule has 1 fully saturated rings. The summed E-state index contributed by atoms with van der Waals surface area (Å²) in [5.41, 5.74) is 2.04. The SMILES string of the molecule is Cc1csc2c(=O)n(CCNC3CCCC3)cnc12. The van der Waals surface area contributed by atoms with Crippen LogP contribution >= 0.6 is 11.3 Å². The summed E-state index contributed by atoms with van der Waals surface area (Å²) < 4.78 is 2.50. The number of aromatic nitrogens is 2. The number of nitrogens with zero attached hydrogens (tertiary/aromatic N) is 2. The average molecular weight is 277 g/mol. The van der Waals surface area contributed by atoms with Gasteiger partial charge in [-0.3, -0.25) is 9.36 Å². The van der Waals surface area contributed by atoms with Crippen LogP contribution in [0, 0.1) is 6.92 Å². The molecule has 0 unspecified atom stereocenters. The zero-order valence-electron chi connectivity index (χ0n) is 11.2. The molecule has 0 amide bonds. The van der Waals surface area contributed by atoms with E-state index >= 15 is 0 Å². The van der Waals surface area contributed by atoms with Gasteiger partial charge in [0, 0.05) is 19.1 Å².